The molecule has 0 saturated carbocycles. The van der Waals surface area contributed by atoms with Gasteiger partial charge in [-0.2, -0.15) is 0 Å². The van der Waals surface area contributed by atoms with Crippen LogP contribution in [0.5, 0.6) is 0 Å². The number of pyridine rings is 1. The highest BCUT2D eigenvalue weighted by atomic mass is 35.5. The van der Waals surface area contributed by atoms with Gasteiger partial charge in [0.2, 0.25) is 0 Å². The number of halogens is 1. The summed E-state index contributed by atoms with van der Waals surface area (Å²) in [5.74, 6) is 0.507. The molecule has 2 nitrogen and oxygen atoms in total. The second-order valence-corrected chi connectivity index (χ2v) is 3.24. The summed E-state index contributed by atoms with van der Waals surface area (Å²) in [7, 11) is 0. The molecule has 1 aliphatic heterocycles. The summed E-state index contributed by atoms with van der Waals surface area (Å²) in [4.78, 5) is 4.44. The number of alkyl halides is 1. The lowest BCUT2D eigenvalue weighted by atomic mass is 10.1. The average molecular weight is 183 g/mol. The molecule has 0 radical (unpaired) electrons. The fourth-order valence-corrected chi connectivity index (χ4v) is 1.61. The van der Waals surface area contributed by atoms with E-state index in [1.807, 2.05) is 6.07 Å². The van der Waals surface area contributed by atoms with E-state index >= 15 is 0 Å². The maximum Gasteiger partial charge on any atom is 0.0647 e. The highest BCUT2D eigenvalue weighted by Crippen LogP contribution is 2.12. The predicted molar refractivity (Wildman–Crippen MR) is 49.2 cm³/mol. The molecule has 2 heterocycles. The van der Waals surface area contributed by atoms with Gasteiger partial charge in [-0.05, 0) is 24.6 Å². The Labute approximate surface area is 77.0 Å². The number of hydrogen-bond donors (Lipinski definition) is 1. The Morgan fingerprint density at radius 3 is 3.25 bits per heavy atom. The molecule has 0 spiro atoms. The highest BCUT2D eigenvalue weighted by molar-refractivity contribution is 6.16. The molecule has 1 aromatic rings. The van der Waals surface area contributed by atoms with E-state index in [9.17, 15) is 0 Å². The molecular formula is C9H11ClN2. The lowest BCUT2D eigenvalue weighted by Gasteiger charge is -2.16. The quantitative estimate of drug-likeness (QED) is 0.666. The summed E-state index contributed by atoms with van der Waals surface area (Å²) in [5, 5.41) is 3.29. The molecule has 0 atom stereocenters. The van der Waals surface area contributed by atoms with E-state index in [2.05, 4.69) is 16.4 Å². The minimum Gasteiger partial charge on any atom is -0.311 e. The molecule has 0 fully saturated rings. The van der Waals surface area contributed by atoms with Crippen molar-refractivity contribution < 1.29 is 0 Å². The first kappa shape index (κ1) is 8.02. The molecule has 0 unspecified atom stereocenters. The van der Waals surface area contributed by atoms with Crippen molar-refractivity contribution >= 4 is 11.6 Å². The SMILES string of the molecule is ClCc1ccc2c(n1)CNCC2. The van der Waals surface area contributed by atoms with Gasteiger partial charge in [0.15, 0.2) is 0 Å². The van der Waals surface area contributed by atoms with Crippen molar-refractivity contribution in [3.05, 3.63) is 29.1 Å². The van der Waals surface area contributed by atoms with E-state index in [1.54, 1.807) is 0 Å². The third-order valence-corrected chi connectivity index (χ3v) is 2.40. The molecule has 2 rings (SSSR count). The lowest BCUT2D eigenvalue weighted by molar-refractivity contribution is 0.625. The molecule has 3 heteroatoms. The van der Waals surface area contributed by atoms with Crippen molar-refractivity contribution in [2.24, 2.45) is 0 Å². The second kappa shape index (κ2) is 3.42. The first-order valence-electron chi connectivity index (χ1n) is 4.14. The minimum atomic E-state index is 0.507. The van der Waals surface area contributed by atoms with E-state index in [1.165, 1.54) is 11.3 Å². The number of hydrogen-bond acceptors (Lipinski definition) is 2. The fourth-order valence-electron chi connectivity index (χ4n) is 1.46. The smallest absolute Gasteiger partial charge is 0.0647 e. The van der Waals surface area contributed by atoms with Gasteiger partial charge in [-0.3, -0.25) is 4.98 Å². The van der Waals surface area contributed by atoms with Crippen molar-refractivity contribution in [2.45, 2.75) is 18.8 Å². The number of fused-ring (bicyclic) bond motifs is 1. The van der Waals surface area contributed by atoms with Crippen LogP contribution in [0, 0.1) is 0 Å². The normalized spacial score (nSPS) is 15.8. The fraction of sp³-hybridized carbons (Fsp3) is 0.444. The summed E-state index contributed by atoms with van der Waals surface area (Å²) in [6, 6.07) is 4.15. The number of rotatable bonds is 1. The number of nitrogens with one attached hydrogen (secondary N) is 1. The topological polar surface area (TPSA) is 24.9 Å². The van der Waals surface area contributed by atoms with Crippen LogP contribution in [0.25, 0.3) is 0 Å². The van der Waals surface area contributed by atoms with Gasteiger partial charge in [0.05, 0.1) is 17.3 Å². The first-order chi connectivity index (χ1) is 5.90. The molecule has 64 valence electrons. The third kappa shape index (κ3) is 1.45. The zero-order valence-electron chi connectivity index (χ0n) is 6.81. The van der Waals surface area contributed by atoms with Crippen LogP contribution in [0.15, 0.2) is 12.1 Å². The Bertz CT molecular complexity index is 286. The Hall–Kier alpha value is -0.600. The molecule has 0 bridgehead atoms. The largest absolute Gasteiger partial charge is 0.311 e. The number of aromatic nitrogens is 1. The van der Waals surface area contributed by atoms with Gasteiger partial charge in [-0.15, -0.1) is 11.6 Å². The van der Waals surface area contributed by atoms with E-state index in [0.717, 1.165) is 25.2 Å². The van der Waals surface area contributed by atoms with Gasteiger partial charge in [0.1, 0.15) is 0 Å². The second-order valence-electron chi connectivity index (χ2n) is 2.97. The molecule has 1 aliphatic rings. The Balaban J connectivity index is 2.36. The van der Waals surface area contributed by atoms with Crippen LogP contribution < -0.4 is 5.32 Å². The van der Waals surface area contributed by atoms with Crippen LogP contribution in [-0.2, 0) is 18.8 Å². The van der Waals surface area contributed by atoms with Crippen molar-refractivity contribution in [1.29, 1.82) is 0 Å². The molecular weight excluding hydrogens is 172 g/mol. The molecule has 0 amide bonds. The van der Waals surface area contributed by atoms with Gasteiger partial charge >= 0.3 is 0 Å². The van der Waals surface area contributed by atoms with Gasteiger partial charge in [0.25, 0.3) is 0 Å². The molecule has 0 saturated heterocycles. The summed E-state index contributed by atoms with van der Waals surface area (Å²) < 4.78 is 0. The average Bonchev–Trinajstić information content (AvgIpc) is 2.17. The molecule has 0 aliphatic carbocycles. The summed E-state index contributed by atoms with van der Waals surface area (Å²) in [6.07, 6.45) is 1.09. The zero-order chi connectivity index (χ0) is 8.39. The Morgan fingerprint density at radius 1 is 1.50 bits per heavy atom. The molecule has 0 aromatic carbocycles. The van der Waals surface area contributed by atoms with Crippen LogP contribution in [0.2, 0.25) is 0 Å². The number of nitrogens with zero attached hydrogens (tertiary/aromatic N) is 1. The van der Waals surface area contributed by atoms with Crippen molar-refractivity contribution in [2.75, 3.05) is 6.54 Å². The van der Waals surface area contributed by atoms with Crippen LogP contribution in [0.3, 0.4) is 0 Å². The van der Waals surface area contributed by atoms with Gasteiger partial charge in [0, 0.05) is 6.54 Å². The van der Waals surface area contributed by atoms with E-state index in [0.29, 0.717) is 5.88 Å². The summed E-state index contributed by atoms with van der Waals surface area (Å²) in [6.45, 7) is 1.95. The maximum absolute atomic E-state index is 5.69. The van der Waals surface area contributed by atoms with Gasteiger partial charge in [-0.25, -0.2) is 0 Å². The standard InChI is InChI=1S/C9H11ClN2/c10-5-8-2-1-7-3-4-11-6-9(7)12-8/h1-2,11H,3-6H2. The lowest BCUT2D eigenvalue weighted by Crippen LogP contribution is -2.24. The van der Waals surface area contributed by atoms with Crippen molar-refractivity contribution in [3.8, 4) is 0 Å². The maximum atomic E-state index is 5.69. The van der Waals surface area contributed by atoms with Crippen LogP contribution in [0.4, 0.5) is 0 Å². The minimum absolute atomic E-state index is 0.507. The molecule has 1 aromatic heterocycles. The molecule has 1 N–H and O–H groups in total. The highest BCUT2D eigenvalue weighted by Gasteiger charge is 2.09. The molecule has 12 heavy (non-hydrogen) atoms. The van der Waals surface area contributed by atoms with E-state index in [4.69, 9.17) is 11.6 Å². The van der Waals surface area contributed by atoms with Crippen LogP contribution in [0.1, 0.15) is 17.0 Å². The van der Waals surface area contributed by atoms with Crippen LogP contribution in [-0.4, -0.2) is 11.5 Å². The van der Waals surface area contributed by atoms with Gasteiger partial charge in [-0.1, -0.05) is 6.07 Å². The third-order valence-electron chi connectivity index (χ3n) is 2.13. The van der Waals surface area contributed by atoms with Crippen molar-refractivity contribution in [3.63, 3.8) is 0 Å². The first-order valence-corrected chi connectivity index (χ1v) is 4.68. The van der Waals surface area contributed by atoms with E-state index < -0.39 is 0 Å². The Kier molecular flexibility index (Phi) is 2.28. The van der Waals surface area contributed by atoms with Gasteiger partial charge < -0.3 is 5.32 Å². The zero-order valence-corrected chi connectivity index (χ0v) is 7.56. The predicted octanol–water partition coefficient (Wildman–Crippen LogP) is 1.47. The summed E-state index contributed by atoms with van der Waals surface area (Å²) >= 11 is 5.69. The monoisotopic (exact) mass is 182 g/mol. The van der Waals surface area contributed by atoms with E-state index in [-0.39, 0.29) is 0 Å². The van der Waals surface area contributed by atoms with Crippen molar-refractivity contribution in [1.82, 2.24) is 10.3 Å². The summed E-state index contributed by atoms with van der Waals surface area (Å²) in [5.41, 5.74) is 3.50. The Morgan fingerprint density at radius 2 is 2.42 bits per heavy atom. The van der Waals surface area contributed by atoms with Crippen LogP contribution >= 0.6 is 11.6 Å².